The van der Waals surface area contributed by atoms with Gasteiger partial charge in [0.05, 0.1) is 5.69 Å². The van der Waals surface area contributed by atoms with Gasteiger partial charge in [-0.1, -0.05) is 13.5 Å². The van der Waals surface area contributed by atoms with Crippen LogP contribution >= 0.6 is 0 Å². The fourth-order valence-corrected chi connectivity index (χ4v) is 1.82. The lowest BCUT2D eigenvalue weighted by atomic mass is 10.3. The molecule has 0 bridgehead atoms. The fourth-order valence-electron chi connectivity index (χ4n) is 1.82. The third kappa shape index (κ3) is 2.39. The first kappa shape index (κ1) is 11.1. The van der Waals surface area contributed by atoms with Crippen LogP contribution in [-0.2, 0) is 6.42 Å². The lowest BCUT2D eigenvalue weighted by Crippen LogP contribution is -2.44. The average molecular weight is 218 g/mol. The van der Waals surface area contributed by atoms with E-state index in [2.05, 4.69) is 33.7 Å². The molecular weight excluding hydrogens is 200 g/mol. The highest BCUT2D eigenvalue weighted by atomic mass is 15.2. The van der Waals surface area contributed by atoms with E-state index in [-0.39, 0.29) is 0 Å². The van der Waals surface area contributed by atoms with Crippen molar-refractivity contribution in [3.8, 4) is 0 Å². The van der Waals surface area contributed by atoms with Crippen LogP contribution in [0.2, 0.25) is 0 Å². The van der Waals surface area contributed by atoms with Crippen molar-refractivity contribution in [1.29, 1.82) is 0 Å². The summed E-state index contributed by atoms with van der Waals surface area (Å²) < 4.78 is 0. The van der Waals surface area contributed by atoms with Gasteiger partial charge in [-0.25, -0.2) is 9.97 Å². The maximum atomic E-state index is 4.56. The molecule has 2 heterocycles. The van der Waals surface area contributed by atoms with Gasteiger partial charge in [0.1, 0.15) is 11.6 Å². The minimum Gasteiger partial charge on any atom is -0.354 e. The summed E-state index contributed by atoms with van der Waals surface area (Å²) in [7, 11) is 0. The van der Waals surface area contributed by atoms with Crippen molar-refractivity contribution in [3.05, 3.63) is 24.2 Å². The van der Waals surface area contributed by atoms with E-state index in [0.717, 1.165) is 49.9 Å². The number of aromatic nitrogens is 2. The number of aryl methyl sites for hydroxylation is 1. The Morgan fingerprint density at radius 1 is 1.44 bits per heavy atom. The van der Waals surface area contributed by atoms with Gasteiger partial charge in [0.25, 0.3) is 0 Å². The first-order valence-corrected chi connectivity index (χ1v) is 5.79. The van der Waals surface area contributed by atoms with Gasteiger partial charge in [-0.15, -0.1) is 0 Å². The first-order chi connectivity index (χ1) is 7.83. The predicted octanol–water partition coefficient (Wildman–Crippen LogP) is 1.09. The minimum absolute atomic E-state index is 0.862. The van der Waals surface area contributed by atoms with Crippen LogP contribution in [0.15, 0.2) is 12.6 Å². The smallest absolute Gasteiger partial charge is 0.132 e. The van der Waals surface area contributed by atoms with Crippen molar-refractivity contribution in [2.45, 2.75) is 13.3 Å². The number of hydrogen-bond acceptors (Lipinski definition) is 4. The van der Waals surface area contributed by atoms with Gasteiger partial charge in [-0.05, 0) is 6.08 Å². The highest BCUT2D eigenvalue weighted by molar-refractivity contribution is 5.50. The third-order valence-electron chi connectivity index (χ3n) is 2.75. The Hall–Kier alpha value is -1.42. The van der Waals surface area contributed by atoms with E-state index in [4.69, 9.17) is 0 Å². The second-order valence-corrected chi connectivity index (χ2v) is 3.86. The summed E-state index contributed by atoms with van der Waals surface area (Å²) in [5.41, 5.74) is 0.917. The lowest BCUT2D eigenvalue weighted by Gasteiger charge is -2.28. The van der Waals surface area contributed by atoms with E-state index in [1.807, 2.05) is 6.07 Å². The summed E-state index contributed by atoms with van der Waals surface area (Å²) in [5.74, 6) is 1.93. The molecule has 1 aliphatic rings. The third-order valence-corrected chi connectivity index (χ3v) is 2.75. The summed E-state index contributed by atoms with van der Waals surface area (Å²) in [6.07, 6.45) is 2.65. The van der Waals surface area contributed by atoms with E-state index < -0.39 is 0 Å². The molecule has 0 atom stereocenters. The second kappa shape index (κ2) is 5.07. The average Bonchev–Trinajstić information content (AvgIpc) is 2.39. The van der Waals surface area contributed by atoms with Gasteiger partial charge in [-0.2, -0.15) is 0 Å². The summed E-state index contributed by atoms with van der Waals surface area (Å²) in [6, 6.07) is 2.01. The maximum absolute atomic E-state index is 4.56. The van der Waals surface area contributed by atoms with Crippen molar-refractivity contribution in [2.24, 2.45) is 0 Å². The Kier molecular flexibility index (Phi) is 3.51. The standard InChI is InChI=1S/C12H18N4/c1-3-10-9-12(15-11(4-2)14-10)16-7-5-13-6-8-16/h3,9,13H,1,4-8H2,2H3. The molecule has 1 N–H and O–H groups in total. The highest BCUT2D eigenvalue weighted by Gasteiger charge is 2.13. The number of nitrogens with one attached hydrogen (secondary N) is 1. The Morgan fingerprint density at radius 3 is 2.81 bits per heavy atom. The molecule has 1 aromatic rings. The Balaban J connectivity index is 2.27. The largest absolute Gasteiger partial charge is 0.354 e. The topological polar surface area (TPSA) is 41.0 Å². The molecule has 1 aliphatic heterocycles. The summed E-state index contributed by atoms with van der Waals surface area (Å²) in [6.45, 7) is 9.91. The molecule has 86 valence electrons. The molecule has 1 saturated heterocycles. The van der Waals surface area contributed by atoms with Crippen LogP contribution in [0.5, 0.6) is 0 Å². The fraction of sp³-hybridized carbons (Fsp3) is 0.500. The quantitative estimate of drug-likeness (QED) is 0.824. The van der Waals surface area contributed by atoms with E-state index in [1.54, 1.807) is 6.08 Å². The molecule has 16 heavy (non-hydrogen) atoms. The lowest BCUT2D eigenvalue weighted by molar-refractivity contribution is 0.583. The van der Waals surface area contributed by atoms with Gasteiger partial charge in [0.2, 0.25) is 0 Å². The highest BCUT2D eigenvalue weighted by Crippen LogP contribution is 2.14. The van der Waals surface area contributed by atoms with Crippen molar-refractivity contribution in [2.75, 3.05) is 31.1 Å². The maximum Gasteiger partial charge on any atom is 0.132 e. The molecule has 0 spiro atoms. The Morgan fingerprint density at radius 2 is 2.19 bits per heavy atom. The van der Waals surface area contributed by atoms with Crippen LogP contribution in [0, 0.1) is 0 Å². The number of anilines is 1. The van der Waals surface area contributed by atoms with Gasteiger partial charge >= 0.3 is 0 Å². The molecule has 4 heteroatoms. The Bertz CT molecular complexity index is 369. The van der Waals surface area contributed by atoms with E-state index in [1.165, 1.54) is 0 Å². The van der Waals surface area contributed by atoms with Crippen LogP contribution in [-0.4, -0.2) is 36.1 Å². The van der Waals surface area contributed by atoms with Crippen LogP contribution in [0.3, 0.4) is 0 Å². The summed E-state index contributed by atoms with van der Waals surface area (Å²) in [5, 5.41) is 3.34. The zero-order valence-electron chi connectivity index (χ0n) is 9.74. The van der Waals surface area contributed by atoms with Crippen LogP contribution in [0.4, 0.5) is 5.82 Å². The normalized spacial score (nSPS) is 16.2. The Labute approximate surface area is 96.4 Å². The molecular formula is C12H18N4. The molecule has 0 aliphatic carbocycles. The minimum atomic E-state index is 0.862. The molecule has 0 amide bonds. The number of rotatable bonds is 3. The van der Waals surface area contributed by atoms with Crippen molar-refractivity contribution >= 4 is 11.9 Å². The molecule has 0 saturated carbocycles. The number of piperazine rings is 1. The molecule has 4 nitrogen and oxygen atoms in total. The molecule has 1 fully saturated rings. The van der Waals surface area contributed by atoms with Crippen molar-refractivity contribution in [1.82, 2.24) is 15.3 Å². The predicted molar refractivity (Wildman–Crippen MR) is 66.6 cm³/mol. The monoisotopic (exact) mass is 218 g/mol. The van der Waals surface area contributed by atoms with Crippen LogP contribution < -0.4 is 10.2 Å². The van der Waals surface area contributed by atoms with E-state index in [9.17, 15) is 0 Å². The van der Waals surface area contributed by atoms with Crippen LogP contribution in [0.1, 0.15) is 18.4 Å². The van der Waals surface area contributed by atoms with E-state index in [0.29, 0.717) is 0 Å². The SMILES string of the molecule is C=Cc1cc(N2CCNCC2)nc(CC)n1. The van der Waals surface area contributed by atoms with Gasteiger partial charge < -0.3 is 10.2 Å². The molecule has 2 rings (SSSR count). The second-order valence-electron chi connectivity index (χ2n) is 3.86. The molecule has 0 aromatic carbocycles. The van der Waals surface area contributed by atoms with Gasteiger partial charge in [-0.3, -0.25) is 0 Å². The summed E-state index contributed by atoms with van der Waals surface area (Å²) in [4.78, 5) is 11.3. The zero-order chi connectivity index (χ0) is 11.4. The van der Waals surface area contributed by atoms with Crippen molar-refractivity contribution in [3.63, 3.8) is 0 Å². The van der Waals surface area contributed by atoms with Crippen LogP contribution in [0.25, 0.3) is 6.08 Å². The zero-order valence-corrected chi connectivity index (χ0v) is 9.74. The first-order valence-electron chi connectivity index (χ1n) is 5.79. The van der Waals surface area contributed by atoms with Gasteiger partial charge in [0.15, 0.2) is 0 Å². The molecule has 0 unspecified atom stereocenters. The molecule has 1 aromatic heterocycles. The number of nitrogens with zero attached hydrogens (tertiary/aromatic N) is 3. The van der Waals surface area contributed by atoms with Crippen molar-refractivity contribution < 1.29 is 0 Å². The van der Waals surface area contributed by atoms with Gasteiger partial charge in [0, 0.05) is 38.7 Å². The summed E-state index contributed by atoms with van der Waals surface area (Å²) >= 11 is 0. The molecule has 0 radical (unpaired) electrons. The van der Waals surface area contributed by atoms with E-state index >= 15 is 0 Å². The number of hydrogen-bond donors (Lipinski definition) is 1.